The van der Waals surface area contributed by atoms with Crippen molar-refractivity contribution in [2.45, 2.75) is 329 Å². The van der Waals surface area contributed by atoms with Crippen LogP contribution in [0.3, 0.4) is 0 Å². The summed E-state index contributed by atoms with van der Waals surface area (Å²) in [6.45, 7) is 4.44. The Kier molecular flexibility index (Phi) is 72.4. The molecule has 0 aliphatic heterocycles. The molecule has 5 unspecified atom stereocenters. The molecule has 17 nitrogen and oxygen atoms in total. The standard InChI is InChI=1S/C85H142O17P2/c1-5-9-13-17-21-25-29-32-35-38-39-42-44-47-51-54-58-62-66-70-83(88)96-76-81(102-85(90)72-68-64-60-56-52-48-45-41-37-34-31-27-23-19-15-11-7-3)78-100-104(93,94)98-74-79(86)73-97-103(91,92)99-77-80(101-84(89)71-67-63-59-55-49-28-24-20-16-12-8-4)75-95-82(87)69-65-61-57-53-50-46-43-40-36-33-30-26-22-18-14-10-6-2/h9-11,13-15,21-23,25-27,32-37,39,42,47,51,58,62,79-81,86H,5-8,12,16-20,24,28-31,38,40-41,43-46,48-50,52-57,59-61,63-78H2,1-4H3,(H,91,92)(H,93,94)/b13-9-,14-10-,15-11-,25-21-,26-22-,27-23-,35-32-,36-33-,37-34-,42-39-,51-47-,62-58-. The van der Waals surface area contributed by atoms with Crippen LogP contribution in [0.25, 0.3) is 0 Å². The Morgan fingerprint density at radius 3 is 0.827 bits per heavy atom. The minimum atomic E-state index is -5.00. The summed E-state index contributed by atoms with van der Waals surface area (Å²) in [6, 6.07) is 0. The molecule has 0 aromatic heterocycles. The Morgan fingerprint density at radius 1 is 0.279 bits per heavy atom. The molecular weight excluding hydrogens is 1350 g/mol. The normalized spacial score (nSPS) is 14.6. The zero-order valence-corrected chi connectivity index (χ0v) is 66.7. The molecule has 0 spiro atoms. The summed E-state index contributed by atoms with van der Waals surface area (Å²) >= 11 is 0. The Bertz CT molecular complexity index is 2540. The summed E-state index contributed by atoms with van der Waals surface area (Å²) in [4.78, 5) is 73.0. The van der Waals surface area contributed by atoms with Gasteiger partial charge in [0.25, 0.3) is 0 Å². The van der Waals surface area contributed by atoms with Crippen LogP contribution in [0, 0.1) is 0 Å². The monoisotopic (exact) mass is 1500 g/mol. The van der Waals surface area contributed by atoms with Gasteiger partial charge in [0.2, 0.25) is 0 Å². The quantitative estimate of drug-likeness (QED) is 0.0169. The number of carbonyl (C=O) groups excluding carboxylic acids is 4. The van der Waals surface area contributed by atoms with Gasteiger partial charge in [0, 0.05) is 25.7 Å². The average Bonchev–Trinajstić information content (AvgIpc) is 0.931. The van der Waals surface area contributed by atoms with Crippen LogP contribution in [-0.4, -0.2) is 96.7 Å². The highest BCUT2D eigenvalue weighted by atomic mass is 31.2. The topological polar surface area (TPSA) is 237 Å². The Hall–Kier alpha value is -5.06. The highest BCUT2D eigenvalue weighted by Gasteiger charge is 2.30. The van der Waals surface area contributed by atoms with Crippen LogP contribution >= 0.6 is 15.6 Å². The maximum Gasteiger partial charge on any atom is 0.472 e. The molecule has 0 aromatic rings. The first-order valence-corrected chi connectivity index (χ1v) is 43.1. The molecule has 0 aromatic carbocycles. The summed E-state index contributed by atoms with van der Waals surface area (Å²) in [6.07, 6.45) is 87.0. The van der Waals surface area contributed by atoms with Crippen molar-refractivity contribution < 1.29 is 80.2 Å². The van der Waals surface area contributed by atoms with Gasteiger partial charge in [-0.05, 0) is 128 Å². The third-order valence-electron chi connectivity index (χ3n) is 16.3. The number of aliphatic hydroxyl groups excluding tert-OH is 1. The van der Waals surface area contributed by atoms with Gasteiger partial charge >= 0.3 is 39.5 Å². The van der Waals surface area contributed by atoms with E-state index in [4.69, 9.17) is 37.0 Å². The summed E-state index contributed by atoms with van der Waals surface area (Å²) in [5.74, 6) is -2.29. The molecular formula is C85H142O17P2. The van der Waals surface area contributed by atoms with Gasteiger partial charge < -0.3 is 33.8 Å². The predicted molar refractivity (Wildman–Crippen MR) is 427 cm³/mol. The van der Waals surface area contributed by atoms with Gasteiger partial charge in [0.1, 0.15) is 19.3 Å². The van der Waals surface area contributed by atoms with E-state index in [2.05, 4.69) is 155 Å². The first-order chi connectivity index (χ1) is 50.7. The minimum Gasteiger partial charge on any atom is -0.462 e. The molecule has 3 N–H and O–H groups in total. The number of phosphoric acid groups is 2. The van der Waals surface area contributed by atoms with E-state index in [0.29, 0.717) is 32.1 Å². The molecule has 594 valence electrons. The smallest absolute Gasteiger partial charge is 0.462 e. The van der Waals surface area contributed by atoms with Crippen molar-refractivity contribution >= 4 is 39.5 Å². The van der Waals surface area contributed by atoms with Crippen LogP contribution in [0.2, 0.25) is 0 Å². The number of ether oxygens (including phenoxy) is 4. The molecule has 104 heavy (non-hydrogen) atoms. The number of hydrogen-bond donors (Lipinski definition) is 3. The van der Waals surface area contributed by atoms with Crippen LogP contribution in [-0.2, 0) is 65.4 Å². The van der Waals surface area contributed by atoms with E-state index in [1.54, 1.807) is 0 Å². The van der Waals surface area contributed by atoms with Crippen molar-refractivity contribution in [2.75, 3.05) is 39.6 Å². The van der Waals surface area contributed by atoms with E-state index >= 15 is 0 Å². The van der Waals surface area contributed by atoms with Crippen molar-refractivity contribution in [1.29, 1.82) is 0 Å². The van der Waals surface area contributed by atoms with Gasteiger partial charge in [-0.25, -0.2) is 9.13 Å². The van der Waals surface area contributed by atoms with Crippen LogP contribution in [0.5, 0.6) is 0 Å². The van der Waals surface area contributed by atoms with Gasteiger partial charge in [0.15, 0.2) is 12.2 Å². The van der Waals surface area contributed by atoms with E-state index in [-0.39, 0.29) is 25.7 Å². The molecule has 0 heterocycles. The molecule has 19 heteroatoms. The van der Waals surface area contributed by atoms with Crippen LogP contribution in [0.1, 0.15) is 310 Å². The first-order valence-electron chi connectivity index (χ1n) is 40.1. The number of unbranched alkanes of at least 4 members (excludes halogenated alkanes) is 24. The first kappa shape index (κ1) is 98.9. The summed E-state index contributed by atoms with van der Waals surface area (Å²) in [5, 5.41) is 10.6. The molecule has 0 aliphatic rings. The van der Waals surface area contributed by atoms with E-state index in [1.807, 2.05) is 18.2 Å². The largest absolute Gasteiger partial charge is 0.472 e. The maximum absolute atomic E-state index is 13.1. The second-order valence-electron chi connectivity index (χ2n) is 26.2. The highest BCUT2D eigenvalue weighted by molar-refractivity contribution is 7.47. The third-order valence-corrected chi connectivity index (χ3v) is 18.2. The average molecular weight is 1500 g/mol. The number of phosphoric ester groups is 2. The van der Waals surface area contributed by atoms with Gasteiger partial charge in [-0.3, -0.25) is 37.3 Å². The Labute approximate surface area is 630 Å². The molecule has 0 aliphatic carbocycles. The molecule has 0 saturated heterocycles. The fourth-order valence-corrected chi connectivity index (χ4v) is 11.9. The predicted octanol–water partition coefficient (Wildman–Crippen LogP) is 23.4. The lowest BCUT2D eigenvalue weighted by Crippen LogP contribution is -2.30. The van der Waals surface area contributed by atoms with Gasteiger partial charge in [-0.2, -0.15) is 0 Å². The van der Waals surface area contributed by atoms with E-state index < -0.39 is 97.5 Å². The molecule has 0 saturated carbocycles. The van der Waals surface area contributed by atoms with Crippen LogP contribution in [0.15, 0.2) is 146 Å². The van der Waals surface area contributed by atoms with Crippen molar-refractivity contribution in [2.24, 2.45) is 0 Å². The van der Waals surface area contributed by atoms with Gasteiger partial charge in [-0.15, -0.1) is 0 Å². The van der Waals surface area contributed by atoms with E-state index in [9.17, 15) is 43.2 Å². The van der Waals surface area contributed by atoms with E-state index in [1.165, 1.54) is 38.5 Å². The number of aliphatic hydroxyl groups is 1. The molecule has 0 amide bonds. The lowest BCUT2D eigenvalue weighted by Gasteiger charge is -2.21. The van der Waals surface area contributed by atoms with Crippen molar-refractivity contribution in [3.8, 4) is 0 Å². The van der Waals surface area contributed by atoms with Gasteiger partial charge in [-0.1, -0.05) is 302 Å². The maximum atomic E-state index is 13.1. The summed E-state index contributed by atoms with van der Waals surface area (Å²) < 4.78 is 68.5. The number of carbonyl (C=O) groups is 4. The highest BCUT2D eigenvalue weighted by Crippen LogP contribution is 2.45. The molecule has 0 radical (unpaired) electrons. The van der Waals surface area contributed by atoms with Crippen LogP contribution < -0.4 is 0 Å². The number of allylic oxidation sites excluding steroid dienone is 24. The molecule has 0 fully saturated rings. The molecule has 0 rings (SSSR count). The Morgan fingerprint density at radius 2 is 0.519 bits per heavy atom. The minimum absolute atomic E-state index is 0.0304. The van der Waals surface area contributed by atoms with Crippen molar-refractivity contribution in [3.63, 3.8) is 0 Å². The van der Waals surface area contributed by atoms with Gasteiger partial charge in [0.05, 0.1) is 26.4 Å². The third kappa shape index (κ3) is 75.2. The van der Waals surface area contributed by atoms with E-state index in [0.717, 1.165) is 186 Å². The summed E-state index contributed by atoms with van der Waals surface area (Å²) in [7, 11) is -9.98. The number of hydrogen-bond acceptors (Lipinski definition) is 15. The summed E-state index contributed by atoms with van der Waals surface area (Å²) in [5.41, 5.74) is 0. The lowest BCUT2D eigenvalue weighted by molar-refractivity contribution is -0.161. The zero-order chi connectivity index (χ0) is 76.0. The zero-order valence-electron chi connectivity index (χ0n) is 64.9. The Balaban J connectivity index is 5.41. The fourth-order valence-electron chi connectivity index (χ4n) is 10.3. The SMILES string of the molecule is CC/C=C\C/C=C\C/C=C\C/C=C\C/C=C\C/C=C\CCC(=O)OCC(COP(=O)(O)OCC(O)COP(=O)(O)OCC(COC(=O)CCCCCCCCC/C=C\C/C=C\C/C=C\CC)OC(=O)CCCCCCCCCCCCC)OC(=O)CCCCCCCCC/C=C\C/C=C\C/C=C\CC. The number of esters is 4. The van der Waals surface area contributed by atoms with Crippen molar-refractivity contribution in [3.05, 3.63) is 146 Å². The van der Waals surface area contributed by atoms with Crippen LogP contribution in [0.4, 0.5) is 0 Å². The second kappa shape index (κ2) is 76.1. The lowest BCUT2D eigenvalue weighted by atomic mass is 10.1. The molecule has 5 atom stereocenters. The van der Waals surface area contributed by atoms with Crippen molar-refractivity contribution in [1.82, 2.24) is 0 Å². The number of rotatable bonds is 74. The fraction of sp³-hybridized carbons (Fsp3) is 0.671. The molecule has 0 bridgehead atoms. The second-order valence-corrected chi connectivity index (χ2v) is 29.1.